The maximum absolute atomic E-state index is 12.8. The van der Waals surface area contributed by atoms with Crippen molar-refractivity contribution in [3.8, 4) is 0 Å². The third-order valence-corrected chi connectivity index (χ3v) is 11.3. The van der Waals surface area contributed by atoms with Gasteiger partial charge in [0, 0.05) is 12.8 Å². The number of aliphatic hydroxyl groups excluding tert-OH is 5. The summed E-state index contributed by atoms with van der Waals surface area (Å²) < 4.78 is 33.4. The van der Waals surface area contributed by atoms with E-state index in [1.807, 2.05) is 0 Å². The van der Waals surface area contributed by atoms with Crippen LogP contribution in [0.1, 0.15) is 187 Å². The highest BCUT2D eigenvalue weighted by Crippen LogP contribution is 2.47. The number of allylic oxidation sites excluding steroid dienone is 2. The Hall–Kier alpha value is -1.41. The lowest BCUT2D eigenvalue weighted by Gasteiger charge is -2.41. The van der Waals surface area contributed by atoms with Crippen molar-refractivity contribution in [3.63, 3.8) is 0 Å². The molecule has 0 aromatic carbocycles. The zero-order chi connectivity index (χ0) is 41.4. The summed E-state index contributed by atoms with van der Waals surface area (Å²) in [7, 11) is -5.11. The topological polar surface area (TPSA) is 210 Å². The van der Waals surface area contributed by atoms with Gasteiger partial charge in [0.05, 0.1) is 6.61 Å². The van der Waals surface area contributed by atoms with Crippen LogP contribution < -0.4 is 0 Å². The SMILES string of the molecule is CCCCCCCC/C=C\CCCCCCCCCC(=O)OC(COC(=O)CCCCCCCCCCCC)COP(=O)(O)OC1C(O)C(O)C(O)C(O)C1O. The molecule has 0 amide bonds. The number of carbonyl (C=O) groups is 2. The van der Waals surface area contributed by atoms with Crippen LogP contribution in [0.25, 0.3) is 0 Å². The number of esters is 2. The van der Waals surface area contributed by atoms with E-state index < -0.39 is 75.7 Å². The minimum atomic E-state index is -5.11. The lowest BCUT2D eigenvalue weighted by Crippen LogP contribution is -2.64. The molecule has 1 saturated carbocycles. The van der Waals surface area contributed by atoms with Crippen molar-refractivity contribution in [3.05, 3.63) is 12.2 Å². The standard InChI is InChI=1S/C42H79O13P/c1-3-5-7-9-11-13-15-16-17-18-19-20-21-23-25-27-29-31-36(44)54-34(32-52-35(43)30-28-26-24-22-14-12-10-8-6-4-2)33-53-56(50,51)55-42-40(48)38(46)37(45)39(47)41(42)49/h16-17,34,37-42,45-49H,3-15,18-33H2,1-2H3,(H,50,51)/b17-16-. The molecule has 1 aliphatic carbocycles. The van der Waals surface area contributed by atoms with Gasteiger partial charge in [0.25, 0.3) is 0 Å². The van der Waals surface area contributed by atoms with E-state index >= 15 is 0 Å². The lowest BCUT2D eigenvalue weighted by atomic mass is 9.85. The van der Waals surface area contributed by atoms with Crippen molar-refractivity contribution < 1.29 is 63.1 Å². The van der Waals surface area contributed by atoms with Gasteiger partial charge in [-0.25, -0.2) is 4.57 Å². The van der Waals surface area contributed by atoms with Gasteiger partial charge in [-0.15, -0.1) is 0 Å². The number of carbonyl (C=O) groups excluding carboxylic acids is 2. The first-order valence-corrected chi connectivity index (χ1v) is 23.5. The van der Waals surface area contributed by atoms with Crippen molar-refractivity contribution >= 4 is 19.8 Å². The maximum Gasteiger partial charge on any atom is 0.472 e. The number of phosphoric ester groups is 1. The minimum absolute atomic E-state index is 0.0955. The van der Waals surface area contributed by atoms with E-state index in [2.05, 4.69) is 26.0 Å². The fourth-order valence-corrected chi connectivity index (χ4v) is 7.73. The van der Waals surface area contributed by atoms with E-state index in [9.17, 15) is 44.6 Å². The predicted molar refractivity (Wildman–Crippen MR) is 217 cm³/mol. The molecule has 0 aromatic heterocycles. The quantitative estimate of drug-likeness (QED) is 0.0154. The number of unbranched alkanes of at least 4 members (excludes halogenated alkanes) is 22. The number of aliphatic hydroxyl groups is 5. The summed E-state index contributed by atoms with van der Waals surface area (Å²) in [5.74, 6) is -1.10. The third kappa shape index (κ3) is 25.8. The number of hydrogen-bond acceptors (Lipinski definition) is 12. The fraction of sp³-hybridized carbons (Fsp3) is 0.905. The van der Waals surface area contributed by atoms with Gasteiger partial charge in [0.15, 0.2) is 6.10 Å². The monoisotopic (exact) mass is 823 g/mol. The lowest BCUT2D eigenvalue weighted by molar-refractivity contribution is -0.220. The first-order chi connectivity index (χ1) is 26.9. The zero-order valence-electron chi connectivity index (χ0n) is 34.7. The van der Waals surface area contributed by atoms with Crippen molar-refractivity contribution in [2.75, 3.05) is 13.2 Å². The predicted octanol–water partition coefficient (Wildman–Crippen LogP) is 7.89. The number of hydrogen-bond donors (Lipinski definition) is 6. The van der Waals surface area contributed by atoms with Gasteiger partial charge >= 0.3 is 19.8 Å². The van der Waals surface area contributed by atoms with E-state index in [1.165, 1.54) is 96.3 Å². The van der Waals surface area contributed by atoms with Gasteiger partial charge in [-0.1, -0.05) is 148 Å². The zero-order valence-corrected chi connectivity index (χ0v) is 35.6. The summed E-state index contributed by atoms with van der Waals surface area (Å²) in [5.41, 5.74) is 0. The Labute approximate surface area is 337 Å². The molecule has 1 aliphatic rings. The van der Waals surface area contributed by atoms with Crippen LogP contribution >= 0.6 is 7.82 Å². The minimum Gasteiger partial charge on any atom is -0.462 e. The molecular weight excluding hydrogens is 743 g/mol. The summed E-state index contributed by atoms with van der Waals surface area (Å²) in [4.78, 5) is 35.5. The van der Waals surface area contributed by atoms with Gasteiger partial charge < -0.3 is 39.9 Å². The van der Waals surface area contributed by atoms with Crippen LogP contribution in [0.2, 0.25) is 0 Å². The molecule has 0 radical (unpaired) electrons. The summed E-state index contributed by atoms with van der Waals surface area (Å²) in [6.07, 6.45) is 19.9. The Kier molecular flexibility index (Phi) is 31.4. The molecule has 6 atom stereocenters. The summed E-state index contributed by atoms with van der Waals surface area (Å²) in [6.45, 7) is 3.27. The fourth-order valence-electron chi connectivity index (χ4n) is 6.75. The molecule has 6 N–H and O–H groups in total. The Morgan fingerprint density at radius 2 is 0.911 bits per heavy atom. The van der Waals surface area contributed by atoms with Crippen molar-refractivity contribution in [2.45, 2.75) is 230 Å². The number of ether oxygens (including phenoxy) is 2. The second kappa shape index (κ2) is 33.4. The van der Waals surface area contributed by atoms with Gasteiger partial charge in [-0.2, -0.15) is 0 Å². The van der Waals surface area contributed by atoms with Crippen LogP contribution in [0.5, 0.6) is 0 Å². The molecule has 13 nitrogen and oxygen atoms in total. The van der Waals surface area contributed by atoms with Crippen LogP contribution in [0, 0.1) is 0 Å². The number of rotatable bonds is 36. The van der Waals surface area contributed by atoms with Gasteiger partial charge in [-0.3, -0.25) is 18.6 Å². The average molecular weight is 823 g/mol. The molecule has 1 fully saturated rings. The molecule has 0 bridgehead atoms. The highest BCUT2D eigenvalue weighted by Gasteiger charge is 2.51. The smallest absolute Gasteiger partial charge is 0.462 e. The van der Waals surface area contributed by atoms with Crippen LogP contribution in [0.3, 0.4) is 0 Å². The molecule has 0 heterocycles. The van der Waals surface area contributed by atoms with E-state index in [4.69, 9.17) is 18.5 Å². The van der Waals surface area contributed by atoms with E-state index in [0.717, 1.165) is 51.4 Å². The molecule has 330 valence electrons. The summed E-state index contributed by atoms with van der Waals surface area (Å²) in [6, 6.07) is 0. The summed E-state index contributed by atoms with van der Waals surface area (Å²) in [5, 5.41) is 50.0. The highest BCUT2D eigenvalue weighted by atomic mass is 31.2. The molecule has 0 aliphatic heterocycles. The Balaban J connectivity index is 2.46. The van der Waals surface area contributed by atoms with E-state index in [-0.39, 0.29) is 12.8 Å². The average Bonchev–Trinajstić information content (AvgIpc) is 3.18. The largest absolute Gasteiger partial charge is 0.472 e. The van der Waals surface area contributed by atoms with E-state index in [0.29, 0.717) is 12.8 Å². The van der Waals surface area contributed by atoms with Crippen molar-refractivity contribution in [2.24, 2.45) is 0 Å². The van der Waals surface area contributed by atoms with Gasteiger partial charge in [0.1, 0.15) is 43.2 Å². The molecule has 0 spiro atoms. The van der Waals surface area contributed by atoms with Crippen LogP contribution in [0.15, 0.2) is 12.2 Å². The normalized spacial score (nSPS) is 22.9. The highest BCUT2D eigenvalue weighted by molar-refractivity contribution is 7.47. The Morgan fingerprint density at radius 1 is 0.536 bits per heavy atom. The Bertz CT molecular complexity index is 1040. The van der Waals surface area contributed by atoms with Crippen LogP contribution in [0.4, 0.5) is 0 Å². The molecule has 0 aromatic rings. The third-order valence-electron chi connectivity index (χ3n) is 10.4. The molecule has 56 heavy (non-hydrogen) atoms. The van der Waals surface area contributed by atoms with Gasteiger partial charge in [-0.05, 0) is 38.5 Å². The second-order valence-electron chi connectivity index (χ2n) is 15.6. The molecule has 1 rings (SSSR count). The molecule has 14 heteroatoms. The van der Waals surface area contributed by atoms with Gasteiger partial charge in [0.2, 0.25) is 0 Å². The second-order valence-corrected chi connectivity index (χ2v) is 17.0. The summed E-state index contributed by atoms with van der Waals surface area (Å²) >= 11 is 0. The first-order valence-electron chi connectivity index (χ1n) is 22.0. The maximum atomic E-state index is 12.8. The number of phosphoric acid groups is 1. The van der Waals surface area contributed by atoms with Crippen LogP contribution in [-0.2, 0) is 32.7 Å². The Morgan fingerprint density at radius 3 is 1.36 bits per heavy atom. The van der Waals surface area contributed by atoms with E-state index in [1.54, 1.807) is 0 Å². The van der Waals surface area contributed by atoms with Crippen molar-refractivity contribution in [1.29, 1.82) is 0 Å². The molecule has 6 unspecified atom stereocenters. The molecule has 0 saturated heterocycles. The van der Waals surface area contributed by atoms with Crippen LogP contribution in [-0.4, -0.2) is 98.3 Å². The van der Waals surface area contributed by atoms with Crippen molar-refractivity contribution in [1.82, 2.24) is 0 Å². The first kappa shape index (κ1) is 52.6. The molecular formula is C42H79O13P.